The van der Waals surface area contributed by atoms with Crippen LogP contribution in [-0.4, -0.2) is 30.9 Å². The number of aryl methyl sites for hydroxylation is 1. The van der Waals surface area contributed by atoms with Crippen molar-refractivity contribution in [3.8, 4) is 29.1 Å². The van der Waals surface area contributed by atoms with E-state index < -0.39 is 5.92 Å². The summed E-state index contributed by atoms with van der Waals surface area (Å²) in [5, 5.41) is 9.95. The van der Waals surface area contributed by atoms with Crippen molar-refractivity contribution in [1.82, 2.24) is 9.55 Å². The fourth-order valence-corrected chi connectivity index (χ4v) is 4.14. The number of hydrogen-bond acceptors (Lipinski definition) is 8. The van der Waals surface area contributed by atoms with Gasteiger partial charge in [0.05, 0.1) is 45.0 Å². The van der Waals surface area contributed by atoms with E-state index in [-0.39, 0.29) is 23.6 Å². The van der Waals surface area contributed by atoms with E-state index in [9.17, 15) is 10.1 Å². The SMILES string of the molecule is COc1cc([C@H]2C(C#N)=C(N)Oc3cc(C)n(Cc4ccccn4)c(=O)c32)cc(OC)c1OC. The number of nitrogens with zero attached hydrogens (tertiary/aromatic N) is 3. The Morgan fingerprint density at radius 3 is 2.41 bits per heavy atom. The minimum absolute atomic E-state index is 0.0602. The molecular formula is C25H24N4O5. The lowest BCUT2D eigenvalue weighted by atomic mass is 9.83. The second-order valence-corrected chi connectivity index (χ2v) is 7.66. The van der Waals surface area contributed by atoms with Crippen LogP contribution in [0.1, 0.15) is 28.4 Å². The van der Waals surface area contributed by atoms with Crippen LogP contribution in [0.2, 0.25) is 0 Å². The highest BCUT2D eigenvalue weighted by Gasteiger charge is 2.35. The molecule has 0 saturated carbocycles. The summed E-state index contributed by atoms with van der Waals surface area (Å²) in [7, 11) is 4.50. The molecule has 3 heterocycles. The standard InChI is InChI=1S/C25H24N4O5/c1-14-9-18-22(25(30)29(14)13-16-7-5-6-8-28-16)21(17(12-26)24(27)34-18)15-10-19(31-2)23(33-4)20(11-15)32-3/h5-11,21H,13,27H2,1-4H3/t21-/m0/s1. The zero-order valence-electron chi connectivity index (χ0n) is 19.3. The Hall–Kier alpha value is -4.45. The Kier molecular flexibility index (Phi) is 6.15. The molecule has 0 unspecified atom stereocenters. The highest BCUT2D eigenvalue weighted by atomic mass is 16.5. The van der Waals surface area contributed by atoms with Gasteiger partial charge in [-0.3, -0.25) is 9.78 Å². The number of aromatic nitrogens is 2. The molecule has 1 aliphatic heterocycles. The van der Waals surface area contributed by atoms with Gasteiger partial charge in [0, 0.05) is 18.0 Å². The van der Waals surface area contributed by atoms with Crippen molar-refractivity contribution in [1.29, 1.82) is 5.26 Å². The number of fused-ring (bicyclic) bond motifs is 1. The molecule has 9 heteroatoms. The maximum absolute atomic E-state index is 13.8. The molecule has 2 N–H and O–H groups in total. The van der Waals surface area contributed by atoms with Crippen LogP contribution in [0.3, 0.4) is 0 Å². The summed E-state index contributed by atoms with van der Waals surface area (Å²) in [5.41, 5.74) is 8.20. The molecule has 9 nitrogen and oxygen atoms in total. The largest absolute Gasteiger partial charge is 0.493 e. The lowest BCUT2D eigenvalue weighted by Crippen LogP contribution is -2.33. The maximum Gasteiger partial charge on any atom is 0.259 e. The van der Waals surface area contributed by atoms with Gasteiger partial charge in [0.1, 0.15) is 17.4 Å². The average molecular weight is 460 g/mol. The lowest BCUT2D eigenvalue weighted by molar-refractivity contribution is 0.323. The van der Waals surface area contributed by atoms with Crippen molar-refractivity contribution in [3.05, 3.63) is 86.9 Å². The fraction of sp³-hybridized carbons (Fsp3) is 0.240. The van der Waals surface area contributed by atoms with Crippen LogP contribution in [0.15, 0.2) is 58.8 Å². The molecule has 0 spiro atoms. The molecule has 1 atom stereocenters. The van der Waals surface area contributed by atoms with Gasteiger partial charge in [-0.15, -0.1) is 0 Å². The number of methoxy groups -OCH3 is 3. The summed E-state index contributed by atoms with van der Waals surface area (Å²) in [4.78, 5) is 18.2. The quantitative estimate of drug-likeness (QED) is 0.596. The summed E-state index contributed by atoms with van der Waals surface area (Å²) in [5.74, 6) is 0.618. The monoisotopic (exact) mass is 460 g/mol. The molecule has 2 aromatic heterocycles. The predicted octanol–water partition coefficient (Wildman–Crippen LogP) is 2.84. The Bertz CT molecular complexity index is 1350. The van der Waals surface area contributed by atoms with Crippen molar-refractivity contribution in [2.45, 2.75) is 19.4 Å². The number of allylic oxidation sites excluding steroid dienone is 1. The molecule has 0 bridgehead atoms. The molecular weight excluding hydrogens is 436 g/mol. The van der Waals surface area contributed by atoms with Gasteiger partial charge in [-0.2, -0.15) is 5.26 Å². The smallest absolute Gasteiger partial charge is 0.259 e. The molecule has 34 heavy (non-hydrogen) atoms. The van der Waals surface area contributed by atoms with Crippen molar-refractivity contribution < 1.29 is 18.9 Å². The molecule has 1 aliphatic rings. The van der Waals surface area contributed by atoms with E-state index in [1.165, 1.54) is 21.3 Å². The molecule has 3 aromatic rings. The number of pyridine rings is 2. The first kappa shape index (κ1) is 22.7. The molecule has 0 amide bonds. The van der Waals surface area contributed by atoms with E-state index in [0.717, 1.165) is 5.69 Å². The third-order valence-corrected chi connectivity index (χ3v) is 5.76. The number of benzene rings is 1. The Labute approximate surface area is 196 Å². The molecule has 0 aliphatic carbocycles. The van der Waals surface area contributed by atoms with E-state index in [0.29, 0.717) is 39.8 Å². The van der Waals surface area contributed by atoms with Crippen molar-refractivity contribution in [2.75, 3.05) is 21.3 Å². The van der Waals surface area contributed by atoms with E-state index in [2.05, 4.69) is 11.1 Å². The van der Waals surface area contributed by atoms with Gasteiger partial charge < -0.3 is 29.2 Å². The molecule has 0 fully saturated rings. The summed E-state index contributed by atoms with van der Waals surface area (Å²) in [6, 6.07) is 12.8. The van der Waals surface area contributed by atoms with Gasteiger partial charge in [0.15, 0.2) is 11.5 Å². The minimum atomic E-state index is -0.800. The molecule has 4 rings (SSSR count). The number of nitrogens with two attached hydrogens (primary N) is 1. The summed E-state index contributed by atoms with van der Waals surface area (Å²) in [6.45, 7) is 2.07. The normalized spacial score (nSPS) is 14.6. The van der Waals surface area contributed by atoms with Crippen LogP contribution >= 0.6 is 0 Å². The molecule has 1 aromatic carbocycles. The first-order valence-corrected chi connectivity index (χ1v) is 10.4. The Morgan fingerprint density at radius 1 is 1.15 bits per heavy atom. The van der Waals surface area contributed by atoms with Crippen LogP contribution in [0, 0.1) is 18.3 Å². The first-order chi connectivity index (χ1) is 16.4. The number of hydrogen-bond donors (Lipinski definition) is 1. The second-order valence-electron chi connectivity index (χ2n) is 7.66. The van der Waals surface area contributed by atoms with Crippen molar-refractivity contribution >= 4 is 0 Å². The van der Waals surface area contributed by atoms with E-state index >= 15 is 0 Å². The first-order valence-electron chi connectivity index (χ1n) is 10.4. The summed E-state index contributed by atoms with van der Waals surface area (Å²) >= 11 is 0. The second kappa shape index (κ2) is 9.19. The van der Waals surface area contributed by atoms with Gasteiger partial charge in [0.2, 0.25) is 11.6 Å². The van der Waals surface area contributed by atoms with Crippen molar-refractivity contribution in [3.63, 3.8) is 0 Å². The van der Waals surface area contributed by atoms with Crippen LogP contribution < -0.4 is 30.2 Å². The zero-order chi connectivity index (χ0) is 24.4. The van der Waals surface area contributed by atoms with Crippen LogP contribution in [0.5, 0.6) is 23.0 Å². The highest BCUT2D eigenvalue weighted by molar-refractivity contribution is 5.61. The number of nitriles is 1. The predicted molar refractivity (Wildman–Crippen MR) is 124 cm³/mol. The maximum atomic E-state index is 13.8. The van der Waals surface area contributed by atoms with Crippen LogP contribution in [0.25, 0.3) is 0 Å². The van der Waals surface area contributed by atoms with E-state index in [1.54, 1.807) is 29.0 Å². The topological polar surface area (TPSA) is 122 Å². The van der Waals surface area contributed by atoms with Gasteiger partial charge >= 0.3 is 0 Å². The minimum Gasteiger partial charge on any atom is -0.493 e. The Balaban J connectivity index is 1.97. The zero-order valence-corrected chi connectivity index (χ0v) is 19.3. The van der Waals surface area contributed by atoms with Gasteiger partial charge in [-0.25, -0.2) is 0 Å². The fourth-order valence-electron chi connectivity index (χ4n) is 4.14. The summed E-state index contributed by atoms with van der Waals surface area (Å²) < 4.78 is 23.7. The summed E-state index contributed by atoms with van der Waals surface area (Å²) in [6.07, 6.45) is 1.67. The van der Waals surface area contributed by atoms with Gasteiger partial charge in [-0.05, 0) is 36.8 Å². The van der Waals surface area contributed by atoms with Crippen molar-refractivity contribution in [2.24, 2.45) is 5.73 Å². The van der Waals surface area contributed by atoms with Gasteiger partial charge in [-0.1, -0.05) is 6.07 Å². The number of rotatable bonds is 6. The highest BCUT2D eigenvalue weighted by Crippen LogP contribution is 2.46. The van der Waals surface area contributed by atoms with Gasteiger partial charge in [0.25, 0.3) is 5.56 Å². The average Bonchev–Trinajstić information content (AvgIpc) is 2.85. The van der Waals surface area contributed by atoms with Crippen LogP contribution in [0.4, 0.5) is 0 Å². The molecule has 174 valence electrons. The number of ether oxygens (including phenoxy) is 4. The Morgan fingerprint density at radius 2 is 1.85 bits per heavy atom. The van der Waals surface area contributed by atoms with E-state index in [4.69, 9.17) is 24.7 Å². The third-order valence-electron chi connectivity index (χ3n) is 5.76. The molecule has 0 saturated heterocycles. The van der Waals surface area contributed by atoms with Crippen LogP contribution in [-0.2, 0) is 6.54 Å². The molecule has 0 radical (unpaired) electrons. The lowest BCUT2D eigenvalue weighted by Gasteiger charge is -2.28. The van der Waals surface area contributed by atoms with E-state index in [1.807, 2.05) is 25.1 Å². The third kappa shape index (κ3) is 3.79.